The Morgan fingerprint density at radius 1 is 1.29 bits per heavy atom. The molecule has 0 aliphatic carbocycles. The number of amides is 2. The monoisotopic (exact) mass is 420 g/mol. The van der Waals surface area contributed by atoms with Crippen LogP contribution in [-0.4, -0.2) is 55.0 Å². The van der Waals surface area contributed by atoms with Crippen LogP contribution < -0.4 is 0 Å². The zero-order chi connectivity index (χ0) is 20.1. The Bertz CT molecular complexity index is 821. The van der Waals surface area contributed by atoms with Crippen molar-refractivity contribution >= 4 is 34.8 Å². The molecule has 0 spiro atoms. The number of ether oxygens (including phenoxy) is 1. The molecule has 7 heteroatoms. The molecule has 2 aromatic rings. The molecule has 1 aromatic carbocycles. The highest BCUT2D eigenvalue weighted by atomic mass is 35.5. The summed E-state index contributed by atoms with van der Waals surface area (Å²) in [6.45, 7) is 3.23. The minimum atomic E-state index is -0.158. The third-order valence-corrected chi connectivity index (χ3v) is 6.16. The van der Waals surface area contributed by atoms with Crippen molar-refractivity contribution in [3.8, 4) is 0 Å². The van der Waals surface area contributed by atoms with Crippen LogP contribution in [0.4, 0.5) is 0 Å². The van der Waals surface area contributed by atoms with Crippen LogP contribution in [-0.2, 0) is 20.7 Å². The fourth-order valence-corrected chi connectivity index (χ4v) is 4.65. The van der Waals surface area contributed by atoms with E-state index < -0.39 is 0 Å². The predicted molar refractivity (Wildman–Crippen MR) is 112 cm³/mol. The van der Waals surface area contributed by atoms with Crippen LogP contribution in [0.3, 0.4) is 0 Å². The maximum Gasteiger partial charge on any atom is 0.249 e. The first-order valence-electron chi connectivity index (χ1n) is 9.43. The number of halogens is 1. The van der Waals surface area contributed by atoms with Crippen LogP contribution in [0.25, 0.3) is 0 Å². The summed E-state index contributed by atoms with van der Waals surface area (Å²) in [7, 11) is 1.49. The Balaban J connectivity index is 1.87. The first-order chi connectivity index (χ1) is 13.5. The number of hydrogen-bond acceptors (Lipinski definition) is 4. The molecule has 1 aromatic heterocycles. The second-order valence-electron chi connectivity index (χ2n) is 6.84. The minimum Gasteiger partial charge on any atom is -0.375 e. The average Bonchev–Trinajstić information content (AvgIpc) is 3.16. The van der Waals surface area contributed by atoms with Crippen LogP contribution >= 0.6 is 22.9 Å². The Morgan fingerprint density at radius 2 is 2.04 bits per heavy atom. The molecule has 0 fully saturated rings. The number of benzene rings is 1. The van der Waals surface area contributed by atoms with Crippen LogP contribution in [0.1, 0.15) is 35.4 Å². The molecule has 1 aliphatic heterocycles. The number of methoxy groups -OCH3 is 1. The summed E-state index contributed by atoms with van der Waals surface area (Å²) in [4.78, 5) is 30.3. The lowest BCUT2D eigenvalue weighted by Gasteiger charge is -2.37. The van der Waals surface area contributed by atoms with E-state index in [4.69, 9.17) is 16.3 Å². The lowest BCUT2D eigenvalue weighted by molar-refractivity contribution is -0.143. The SMILES string of the molecule is CCCN(CC(=O)N1CCc2sccc2C1c1ccc(Cl)cc1)C(=O)COC. The van der Waals surface area contributed by atoms with Gasteiger partial charge < -0.3 is 14.5 Å². The summed E-state index contributed by atoms with van der Waals surface area (Å²) in [5.41, 5.74) is 2.19. The molecule has 0 bridgehead atoms. The lowest BCUT2D eigenvalue weighted by Crippen LogP contribution is -2.47. The predicted octanol–water partition coefficient (Wildman–Crippen LogP) is 3.76. The highest BCUT2D eigenvalue weighted by Crippen LogP contribution is 2.38. The molecule has 2 heterocycles. The second-order valence-corrected chi connectivity index (χ2v) is 8.28. The van der Waals surface area contributed by atoms with Gasteiger partial charge in [-0.15, -0.1) is 11.3 Å². The van der Waals surface area contributed by atoms with Crippen LogP contribution in [0.15, 0.2) is 35.7 Å². The molecule has 3 rings (SSSR count). The zero-order valence-corrected chi connectivity index (χ0v) is 17.8. The Hall–Kier alpha value is -1.89. The maximum absolute atomic E-state index is 13.2. The van der Waals surface area contributed by atoms with Crippen LogP contribution in [0.5, 0.6) is 0 Å². The number of rotatable bonds is 7. The zero-order valence-electron chi connectivity index (χ0n) is 16.2. The molecule has 1 atom stereocenters. The maximum atomic E-state index is 13.2. The lowest BCUT2D eigenvalue weighted by atomic mass is 9.93. The van der Waals surface area contributed by atoms with Gasteiger partial charge in [-0.1, -0.05) is 30.7 Å². The number of carbonyl (C=O) groups excluding carboxylic acids is 2. The molecule has 0 radical (unpaired) electrons. The smallest absolute Gasteiger partial charge is 0.249 e. The van der Waals surface area contributed by atoms with Gasteiger partial charge in [0.05, 0.1) is 12.6 Å². The van der Waals surface area contributed by atoms with E-state index in [1.807, 2.05) is 36.1 Å². The third kappa shape index (κ3) is 4.57. The highest BCUT2D eigenvalue weighted by Gasteiger charge is 2.33. The third-order valence-electron chi connectivity index (χ3n) is 4.91. The molecule has 150 valence electrons. The number of hydrogen-bond donors (Lipinski definition) is 0. The Kier molecular flexibility index (Phi) is 7.10. The topological polar surface area (TPSA) is 49.9 Å². The molecule has 0 saturated heterocycles. The summed E-state index contributed by atoms with van der Waals surface area (Å²) in [6, 6.07) is 9.59. The van der Waals surface area contributed by atoms with Crippen molar-refractivity contribution in [2.75, 3.05) is 33.4 Å². The van der Waals surface area contributed by atoms with Gasteiger partial charge in [0.1, 0.15) is 6.61 Å². The van der Waals surface area contributed by atoms with Gasteiger partial charge in [-0.2, -0.15) is 0 Å². The molecule has 1 aliphatic rings. The van der Waals surface area contributed by atoms with Crippen molar-refractivity contribution in [3.05, 3.63) is 56.7 Å². The number of carbonyl (C=O) groups is 2. The van der Waals surface area contributed by atoms with E-state index in [1.54, 1.807) is 16.2 Å². The summed E-state index contributed by atoms with van der Waals surface area (Å²) >= 11 is 7.79. The molecular weight excluding hydrogens is 396 g/mol. The van der Waals surface area contributed by atoms with E-state index >= 15 is 0 Å². The molecule has 2 amide bonds. The summed E-state index contributed by atoms with van der Waals surface area (Å²) in [5.74, 6) is -0.205. The van der Waals surface area contributed by atoms with E-state index in [0.29, 0.717) is 18.1 Å². The second kappa shape index (κ2) is 9.54. The van der Waals surface area contributed by atoms with Crippen LogP contribution in [0, 0.1) is 0 Å². The number of nitrogens with zero attached hydrogens (tertiary/aromatic N) is 2. The minimum absolute atomic E-state index is 0.0113. The molecule has 0 saturated carbocycles. The van der Waals surface area contributed by atoms with Crippen molar-refractivity contribution in [2.45, 2.75) is 25.8 Å². The van der Waals surface area contributed by atoms with Crippen molar-refractivity contribution in [1.29, 1.82) is 0 Å². The van der Waals surface area contributed by atoms with Crippen molar-refractivity contribution in [1.82, 2.24) is 9.80 Å². The summed E-state index contributed by atoms with van der Waals surface area (Å²) in [5, 5.41) is 2.75. The first kappa shape index (κ1) is 20.8. The van der Waals surface area contributed by atoms with Gasteiger partial charge in [0.25, 0.3) is 0 Å². The average molecular weight is 421 g/mol. The Labute approximate surface area is 174 Å². The van der Waals surface area contributed by atoms with E-state index in [9.17, 15) is 9.59 Å². The van der Waals surface area contributed by atoms with Gasteiger partial charge in [-0.25, -0.2) is 0 Å². The largest absolute Gasteiger partial charge is 0.375 e. The van der Waals surface area contributed by atoms with E-state index in [0.717, 1.165) is 24.0 Å². The highest BCUT2D eigenvalue weighted by molar-refractivity contribution is 7.10. The van der Waals surface area contributed by atoms with Crippen molar-refractivity contribution in [3.63, 3.8) is 0 Å². The molecule has 0 N–H and O–H groups in total. The number of thiophene rings is 1. The Morgan fingerprint density at radius 3 is 2.71 bits per heavy atom. The van der Waals surface area contributed by atoms with Gasteiger partial charge in [-0.3, -0.25) is 9.59 Å². The fourth-order valence-electron chi connectivity index (χ4n) is 3.62. The van der Waals surface area contributed by atoms with Crippen LogP contribution in [0.2, 0.25) is 5.02 Å². The van der Waals surface area contributed by atoms with Gasteiger partial charge in [0.2, 0.25) is 11.8 Å². The van der Waals surface area contributed by atoms with Gasteiger partial charge in [-0.05, 0) is 47.5 Å². The molecular formula is C21H25ClN2O3S. The molecule has 1 unspecified atom stereocenters. The van der Waals surface area contributed by atoms with E-state index in [1.165, 1.54) is 12.0 Å². The number of fused-ring (bicyclic) bond motifs is 1. The summed E-state index contributed by atoms with van der Waals surface area (Å²) in [6.07, 6.45) is 1.63. The van der Waals surface area contributed by atoms with Gasteiger partial charge >= 0.3 is 0 Å². The van der Waals surface area contributed by atoms with Gasteiger partial charge in [0.15, 0.2) is 0 Å². The normalized spacial score (nSPS) is 16.0. The fraction of sp³-hybridized carbons (Fsp3) is 0.429. The standard InChI is InChI=1S/C21H25ClN2O3S/c1-3-10-23(20(26)14-27-2)13-19(25)24-11-8-18-17(9-12-28-18)21(24)15-4-6-16(22)7-5-15/h4-7,9,12,21H,3,8,10-11,13-14H2,1-2H3. The van der Waals surface area contributed by atoms with Crippen molar-refractivity contribution in [2.24, 2.45) is 0 Å². The van der Waals surface area contributed by atoms with E-state index in [-0.39, 0.29) is 31.0 Å². The summed E-state index contributed by atoms with van der Waals surface area (Å²) < 4.78 is 4.97. The quantitative estimate of drug-likeness (QED) is 0.685. The molecule has 28 heavy (non-hydrogen) atoms. The van der Waals surface area contributed by atoms with Crippen molar-refractivity contribution < 1.29 is 14.3 Å². The van der Waals surface area contributed by atoms with Gasteiger partial charge in [0, 0.05) is 30.1 Å². The van der Waals surface area contributed by atoms with E-state index in [2.05, 4.69) is 11.4 Å². The first-order valence-corrected chi connectivity index (χ1v) is 10.7. The molecule has 5 nitrogen and oxygen atoms in total.